The molecule has 2 N–H and O–H groups in total. The molecule has 0 aromatic heterocycles. The topological polar surface area (TPSA) is 58.2 Å². The average molecular weight is 260 g/mol. The number of carbonyl (C=O) groups excluding carboxylic acids is 2. The zero-order valence-corrected chi connectivity index (χ0v) is 11.2. The van der Waals surface area contributed by atoms with Crippen LogP contribution in [0.1, 0.15) is 31.2 Å². The zero-order valence-electron chi connectivity index (χ0n) is 11.2. The molecule has 0 aliphatic heterocycles. The van der Waals surface area contributed by atoms with Crippen molar-refractivity contribution in [2.24, 2.45) is 5.92 Å². The summed E-state index contributed by atoms with van der Waals surface area (Å²) in [5, 5.41) is 5.64. The molecule has 2 rings (SSSR count). The fourth-order valence-electron chi connectivity index (χ4n) is 2.25. The van der Waals surface area contributed by atoms with Gasteiger partial charge in [0, 0.05) is 25.9 Å². The van der Waals surface area contributed by atoms with Crippen LogP contribution in [0.15, 0.2) is 30.3 Å². The fourth-order valence-corrected chi connectivity index (χ4v) is 2.25. The highest BCUT2D eigenvalue weighted by Crippen LogP contribution is 2.47. The normalized spacial score (nSPS) is 20.7. The molecule has 1 fully saturated rings. The number of benzene rings is 1. The molecule has 1 aromatic carbocycles. The molecule has 0 heterocycles. The van der Waals surface area contributed by atoms with Crippen molar-refractivity contribution < 1.29 is 9.59 Å². The van der Waals surface area contributed by atoms with Crippen LogP contribution in [0.5, 0.6) is 0 Å². The standard InChI is InChI=1S/C15H20N2O2/c1-11(18)16-8-5-9-17-15(19)14-10-13(14)12-6-3-2-4-7-12/h2-4,6-7,13-14H,5,8-10H2,1H3,(H,16,18)(H,17,19). The third kappa shape index (κ3) is 4.09. The van der Waals surface area contributed by atoms with Crippen molar-refractivity contribution in [3.8, 4) is 0 Å². The molecule has 1 aliphatic carbocycles. The number of amides is 2. The van der Waals surface area contributed by atoms with Crippen LogP contribution in [0.4, 0.5) is 0 Å². The molecule has 1 aliphatic rings. The van der Waals surface area contributed by atoms with E-state index in [0.717, 1.165) is 12.8 Å². The largest absolute Gasteiger partial charge is 0.356 e. The first kappa shape index (κ1) is 13.6. The van der Waals surface area contributed by atoms with Crippen LogP contribution in [0.2, 0.25) is 0 Å². The Morgan fingerprint density at radius 3 is 2.53 bits per heavy atom. The van der Waals surface area contributed by atoms with E-state index in [2.05, 4.69) is 22.8 Å². The van der Waals surface area contributed by atoms with Crippen molar-refractivity contribution in [1.82, 2.24) is 10.6 Å². The molecule has 0 bridgehead atoms. The van der Waals surface area contributed by atoms with Crippen LogP contribution >= 0.6 is 0 Å². The Labute approximate surface area is 113 Å². The average Bonchev–Trinajstić information content (AvgIpc) is 3.19. The van der Waals surface area contributed by atoms with Gasteiger partial charge in [-0.15, -0.1) is 0 Å². The van der Waals surface area contributed by atoms with Crippen LogP contribution in [0, 0.1) is 5.92 Å². The summed E-state index contributed by atoms with van der Waals surface area (Å²) in [6.45, 7) is 2.73. The molecule has 2 atom stereocenters. The Bertz CT molecular complexity index is 445. The molecular weight excluding hydrogens is 240 g/mol. The van der Waals surface area contributed by atoms with Crippen molar-refractivity contribution >= 4 is 11.8 Å². The minimum atomic E-state index is -0.0299. The third-order valence-corrected chi connectivity index (χ3v) is 3.38. The number of nitrogens with one attached hydrogen (secondary N) is 2. The summed E-state index contributed by atoms with van der Waals surface area (Å²) in [7, 11) is 0. The Morgan fingerprint density at radius 2 is 1.84 bits per heavy atom. The van der Waals surface area contributed by atoms with Gasteiger partial charge in [-0.05, 0) is 24.3 Å². The van der Waals surface area contributed by atoms with Gasteiger partial charge in [0.15, 0.2) is 0 Å². The second-order valence-corrected chi connectivity index (χ2v) is 4.99. The molecule has 2 amide bonds. The molecule has 4 nitrogen and oxygen atoms in total. The van der Waals surface area contributed by atoms with Crippen molar-refractivity contribution in [2.75, 3.05) is 13.1 Å². The lowest BCUT2D eigenvalue weighted by molar-refractivity contribution is -0.122. The lowest BCUT2D eigenvalue weighted by Crippen LogP contribution is -2.29. The van der Waals surface area contributed by atoms with Crippen LogP contribution in [0.3, 0.4) is 0 Å². The first-order valence-corrected chi connectivity index (χ1v) is 6.75. The highest BCUT2D eigenvalue weighted by atomic mass is 16.2. The van der Waals surface area contributed by atoms with E-state index in [-0.39, 0.29) is 17.7 Å². The van der Waals surface area contributed by atoms with E-state index in [1.165, 1.54) is 12.5 Å². The molecular formula is C15H20N2O2. The molecule has 102 valence electrons. The Kier molecular flexibility index (Phi) is 4.55. The van der Waals surface area contributed by atoms with E-state index in [9.17, 15) is 9.59 Å². The summed E-state index contributed by atoms with van der Waals surface area (Å²) in [5.41, 5.74) is 1.25. The SMILES string of the molecule is CC(=O)NCCCNC(=O)C1CC1c1ccccc1. The zero-order chi connectivity index (χ0) is 13.7. The summed E-state index contributed by atoms with van der Waals surface area (Å²) in [6, 6.07) is 10.2. The fraction of sp³-hybridized carbons (Fsp3) is 0.467. The Hall–Kier alpha value is -1.84. The van der Waals surface area contributed by atoms with E-state index < -0.39 is 0 Å². The predicted octanol–water partition coefficient (Wildman–Crippen LogP) is 1.43. The van der Waals surface area contributed by atoms with Gasteiger partial charge >= 0.3 is 0 Å². The van der Waals surface area contributed by atoms with Gasteiger partial charge in [0.2, 0.25) is 11.8 Å². The summed E-state index contributed by atoms with van der Waals surface area (Å²) < 4.78 is 0. The number of hydrogen-bond donors (Lipinski definition) is 2. The van der Waals surface area contributed by atoms with Crippen molar-refractivity contribution in [3.05, 3.63) is 35.9 Å². The quantitative estimate of drug-likeness (QED) is 0.760. The van der Waals surface area contributed by atoms with Crippen molar-refractivity contribution in [2.45, 2.75) is 25.7 Å². The summed E-state index contributed by atoms with van der Waals surface area (Å²) in [4.78, 5) is 22.5. The van der Waals surface area contributed by atoms with E-state index in [1.54, 1.807) is 0 Å². The van der Waals surface area contributed by atoms with Gasteiger partial charge in [0.25, 0.3) is 0 Å². The highest BCUT2D eigenvalue weighted by Gasteiger charge is 2.43. The monoisotopic (exact) mass is 260 g/mol. The predicted molar refractivity (Wildman–Crippen MR) is 73.6 cm³/mol. The van der Waals surface area contributed by atoms with Crippen molar-refractivity contribution in [3.63, 3.8) is 0 Å². The summed E-state index contributed by atoms with van der Waals surface area (Å²) >= 11 is 0. The van der Waals surface area contributed by atoms with Gasteiger partial charge in [-0.25, -0.2) is 0 Å². The highest BCUT2D eigenvalue weighted by molar-refractivity contribution is 5.82. The Morgan fingerprint density at radius 1 is 1.16 bits per heavy atom. The second-order valence-electron chi connectivity index (χ2n) is 4.99. The van der Waals surface area contributed by atoms with Gasteiger partial charge in [0.05, 0.1) is 0 Å². The number of rotatable bonds is 6. The third-order valence-electron chi connectivity index (χ3n) is 3.38. The molecule has 19 heavy (non-hydrogen) atoms. The number of hydrogen-bond acceptors (Lipinski definition) is 2. The summed E-state index contributed by atoms with van der Waals surface area (Å²) in [5.74, 6) is 0.619. The maximum absolute atomic E-state index is 11.9. The molecule has 1 saturated carbocycles. The molecule has 0 spiro atoms. The van der Waals surface area contributed by atoms with Crippen LogP contribution in [-0.2, 0) is 9.59 Å². The molecule has 1 aromatic rings. The smallest absolute Gasteiger partial charge is 0.223 e. The van der Waals surface area contributed by atoms with Gasteiger partial charge in [0.1, 0.15) is 0 Å². The minimum absolute atomic E-state index is 0.0299. The van der Waals surface area contributed by atoms with Gasteiger partial charge < -0.3 is 10.6 Å². The first-order valence-electron chi connectivity index (χ1n) is 6.75. The molecule has 4 heteroatoms. The molecule has 0 radical (unpaired) electrons. The number of carbonyl (C=O) groups is 2. The van der Waals surface area contributed by atoms with Crippen molar-refractivity contribution in [1.29, 1.82) is 0 Å². The molecule has 2 unspecified atom stereocenters. The van der Waals surface area contributed by atoms with Gasteiger partial charge in [-0.2, -0.15) is 0 Å². The maximum atomic E-state index is 11.9. The van der Waals surface area contributed by atoms with Crippen LogP contribution < -0.4 is 10.6 Å². The second kappa shape index (κ2) is 6.36. The van der Waals surface area contributed by atoms with Gasteiger partial charge in [-0.3, -0.25) is 9.59 Å². The summed E-state index contributed by atoms with van der Waals surface area (Å²) in [6.07, 6.45) is 1.72. The van der Waals surface area contributed by atoms with Crippen LogP contribution in [0.25, 0.3) is 0 Å². The lowest BCUT2D eigenvalue weighted by Gasteiger charge is -2.05. The first-order chi connectivity index (χ1) is 9.18. The maximum Gasteiger partial charge on any atom is 0.223 e. The van der Waals surface area contributed by atoms with E-state index in [1.807, 2.05) is 18.2 Å². The molecule has 0 saturated heterocycles. The minimum Gasteiger partial charge on any atom is -0.356 e. The van der Waals surface area contributed by atoms with E-state index in [4.69, 9.17) is 0 Å². The van der Waals surface area contributed by atoms with E-state index in [0.29, 0.717) is 19.0 Å². The van der Waals surface area contributed by atoms with Gasteiger partial charge in [-0.1, -0.05) is 30.3 Å². The lowest BCUT2D eigenvalue weighted by atomic mass is 10.1. The van der Waals surface area contributed by atoms with Crippen LogP contribution in [-0.4, -0.2) is 24.9 Å². The van der Waals surface area contributed by atoms with E-state index >= 15 is 0 Å². The Balaban J connectivity index is 1.65.